The van der Waals surface area contributed by atoms with E-state index >= 15 is 0 Å². The number of anilines is 1. The molecule has 0 bridgehead atoms. The highest BCUT2D eigenvalue weighted by Gasteiger charge is 2.45. The van der Waals surface area contributed by atoms with Gasteiger partial charge in [0.1, 0.15) is 30.2 Å². The zero-order valence-corrected chi connectivity index (χ0v) is 12.4. The fraction of sp³-hybridized carbons (Fsp3) is 0.500. The van der Waals surface area contributed by atoms with Crippen LogP contribution in [-0.2, 0) is 13.8 Å². The summed E-state index contributed by atoms with van der Waals surface area (Å²) in [5, 5.41) is 20.1. The molecule has 0 amide bonds. The summed E-state index contributed by atoms with van der Waals surface area (Å²) in [5.41, 5.74) is 6.25. The van der Waals surface area contributed by atoms with Gasteiger partial charge < -0.3 is 30.5 Å². The first kappa shape index (κ1) is 16.2. The zero-order valence-electron chi connectivity index (χ0n) is 11.5. The van der Waals surface area contributed by atoms with Crippen molar-refractivity contribution in [2.45, 2.75) is 24.5 Å². The van der Waals surface area contributed by atoms with Gasteiger partial charge in [0.2, 0.25) is 0 Å². The Morgan fingerprint density at radius 3 is 2.74 bits per heavy atom. The Balaban J connectivity index is 1.85. The maximum atomic E-state index is 10.7. The van der Waals surface area contributed by atoms with Crippen molar-refractivity contribution in [3.05, 3.63) is 12.7 Å². The topological polar surface area (TPSA) is 186 Å². The molecule has 1 aliphatic heterocycles. The lowest BCUT2D eigenvalue weighted by Crippen LogP contribution is -2.33. The summed E-state index contributed by atoms with van der Waals surface area (Å²) in [5.74, 6) is 0.142. The summed E-state index contributed by atoms with van der Waals surface area (Å²) in [6, 6.07) is 0. The smallest absolute Gasteiger partial charge is 0.387 e. The number of hydrogen-bond acceptors (Lipinski definition) is 9. The maximum Gasteiger partial charge on any atom is 0.469 e. The van der Waals surface area contributed by atoms with E-state index in [1.807, 2.05) is 0 Å². The van der Waals surface area contributed by atoms with Crippen molar-refractivity contribution in [3.8, 4) is 0 Å². The maximum absolute atomic E-state index is 10.7. The van der Waals surface area contributed by atoms with Gasteiger partial charge in [-0.25, -0.2) is 19.5 Å². The number of nitrogens with two attached hydrogens (primary N) is 1. The van der Waals surface area contributed by atoms with E-state index in [-0.39, 0.29) is 11.5 Å². The van der Waals surface area contributed by atoms with E-state index in [1.165, 1.54) is 17.2 Å². The summed E-state index contributed by atoms with van der Waals surface area (Å²) in [6.07, 6.45) is -2.49. The normalized spacial score (nSPS) is 28.5. The number of ether oxygens (including phenoxy) is 1. The number of aromatic nitrogens is 4. The molecule has 13 heteroatoms. The first-order valence-corrected chi connectivity index (χ1v) is 7.95. The van der Waals surface area contributed by atoms with E-state index in [0.717, 1.165) is 0 Å². The molecule has 0 aromatic carbocycles. The monoisotopic (exact) mass is 347 g/mol. The number of fused-ring (bicyclic) bond motifs is 1. The second kappa shape index (κ2) is 5.76. The molecule has 3 heterocycles. The first-order chi connectivity index (χ1) is 10.8. The molecule has 6 N–H and O–H groups in total. The summed E-state index contributed by atoms with van der Waals surface area (Å²) in [7, 11) is -4.72. The van der Waals surface area contributed by atoms with Gasteiger partial charge in [0.25, 0.3) is 0 Å². The van der Waals surface area contributed by atoms with Crippen LogP contribution < -0.4 is 5.73 Å². The van der Waals surface area contributed by atoms with Crippen molar-refractivity contribution < 1.29 is 33.8 Å². The minimum Gasteiger partial charge on any atom is -0.387 e. The van der Waals surface area contributed by atoms with Crippen molar-refractivity contribution >= 4 is 24.8 Å². The molecule has 0 spiro atoms. The van der Waals surface area contributed by atoms with Crippen LogP contribution in [0.4, 0.5) is 5.82 Å². The number of phosphoric acid groups is 1. The molecule has 1 aliphatic rings. The van der Waals surface area contributed by atoms with Gasteiger partial charge in [-0.1, -0.05) is 0 Å². The lowest BCUT2D eigenvalue weighted by atomic mass is 10.1. The van der Waals surface area contributed by atoms with Gasteiger partial charge in [-0.05, 0) is 0 Å². The predicted octanol–water partition coefficient (Wildman–Crippen LogP) is -1.86. The number of phosphoric ester groups is 1. The van der Waals surface area contributed by atoms with Gasteiger partial charge in [0.05, 0.1) is 12.9 Å². The molecule has 0 unspecified atom stereocenters. The second-order valence-electron chi connectivity index (χ2n) is 4.92. The van der Waals surface area contributed by atoms with Crippen LogP contribution in [-0.4, -0.2) is 64.4 Å². The van der Waals surface area contributed by atoms with Crippen LogP contribution in [0.3, 0.4) is 0 Å². The standard InChI is InChI=1S/C10H14N5O7P/c11-8-5-9(13-2-12-8)15(3-14-5)10-7(17)6(16)4(22-10)1-21-23(18,19)20/h2-4,6-7,10,16-17H,1H2,(H2,11,12,13)(H2,18,19,20)/t4-,6+,7+,10+/m1/s1. The van der Waals surface area contributed by atoms with Crippen LogP contribution in [0.25, 0.3) is 11.2 Å². The minimum absolute atomic E-state index is 0.142. The lowest BCUT2D eigenvalue weighted by Gasteiger charge is -2.16. The molecule has 2 aromatic rings. The highest BCUT2D eigenvalue weighted by Crippen LogP contribution is 2.38. The third-order valence-corrected chi connectivity index (χ3v) is 3.89. The molecule has 2 aromatic heterocycles. The van der Waals surface area contributed by atoms with E-state index in [2.05, 4.69) is 19.5 Å². The molecule has 4 atom stereocenters. The van der Waals surface area contributed by atoms with E-state index in [1.54, 1.807) is 0 Å². The van der Waals surface area contributed by atoms with Crippen LogP contribution >= 0.6 is 7.82 Å². The number of rotatable bonds is 4. The number of imidazole rings is 1. The Morgan fingerprint density at radius 1 is 1.30 bits per heavy atom. The molecule has 0 saturated carbocycles. The highest BCUT2D eigenvalue weighted by molar-refractivity contribution is 7.46. The van der Waals surface area contributed by atoms with Crippen molar-refractivity contribution in [1.29, 1.82) is 0 Å². The average molecular weight is 347 g/mol. The van der Waals surface area contributed by atoms with E-state index in [0.29, 0.717) is 5.52 Å². The van der Waals surface area contributed by atoms with Crippen LogP contribution in [0.1, 0.15) is 6.23 Å². The van der Waals surface area contributed by atoms with E-state index < -0.39 is 39.0 Å². The highest BCUT2D eigenvalue weighted by atomic mass is 31.2. The molecule has 3 rings (SSSR count). The predicted molar refractivity (Wildman–Crippen MR) is 73.7 cm³/mol. The fourth-order valence-electron chi connectivity index (χ4n) is 2.32. The zero-order chi connectivity index (χ0) is 16.8. The van der Waals surface area contributed by atoms with Gasteiger partial charge in [0.15, 0.2) is 17.7 Å². The summed E-state index contributed by atoms with van der Waals surface area (Å²) >= 11 is 0. The SMILES string of the molecule is Nc1ncnc2c1ncn2[C@H]1O[C@H](COP(=O)(O)O)[C@H](O)[C@@H]1O. The largest absolute Gasteiger partial charge is 0.469 e. The van der Waals surface area contributed by atoms with Crippen molar-refractivity contribution in [3.63, 3.8) is 0 Å². The first-order valence-electron chi connectivity index (χ1n) is 6.42. The van der Waals surface area contributed by atoms with Crippen LogP contribution in [0, 0.1) is 0 Å². The molecule has 1 saturated heterocycles. The van der Waals surface area contributed by atoms with Crippen LogP contribution in [0.5, 0.6) is 0 Å². The third kappa shape index (κ3) is 3.05. The number of aliphatic hydroxyl groups is 2. The quantitative estimate of drug-likeness (QED) is 0.390. The van der Waals surface area contributed by atoms with Gasteiger partial charge in [-0.3, -0.25) is 9.09 Å². The van der Waals surface area contributed by atoms with Gasteiger partial charge in [-0.2, -0.15) is 0 Å². The average Bonchev–Trinajstić information content (AvgIpc) is 3.01. The molecule has 126 valence electrons. The third-order valence-electron chi connectivity index (χ3n) is 3.41. The Morgan fingerprint density at radius 2 is 2.04 bits per heavy atom. The van der Waals surface area contributed by atoms with Crippen molar-refractivity contribution in [2.75, 3.05) is 12.3 Å². The summed E-state index contributed by atoms with van der Waals surface area (Å²) in [6.45, 7) is -0.594. The van der Waals surface area contributed by atoms with E-state index in [4.69, 9.17) is 20.3 Å². The van der Waals surface area contributed by atoms with Crippen LogP contribution in [0.2, 0.25) is 0 Å². The second-order valence-corrected chi connectivity index (χ2v) is 6.15. The molecule has 23 heavy (non-hydrogen) atoms. The number of nitrogens with zero attached hydrogens (tertiary/aromatic N) is 4. The Labute approximate surface area is 128 Å². The Bertz CT molecular complexity index is 763. The van der Waals surface area contributed by atoms with Gasteiger partial charge in [0, 0.05) is 0 Å². The molecule has 0 radical (unpaired) electrons. The summed E-state index contributed by atoms with van der Waals surface area (Å²) in [4.78, 5) is 29.2. The van der Waals surface area contributed by atoms with Gasteiger partial charge in [-0.15, -0.1) is 0 Å². The molecule has 1 fully saturated rings. The number of aliphatic hydroxyl groups excluding tert-OH is 2. The summed E-state index contributed by atoms with van der Waals surface area (Å²) < 4.78 is 21.8. The van der Waals surface area contributed by atoms with Crippen LogP contribution in [0.15, 0.2) is 12.7 Å². The van der Waals surface area contributed by atoms with Crippen molar-refractivity contribution in [2.24, 2.45) is 0 Å². The lowest BCUT2D eigenvalue weighted by molar-refractivity contribution is -0.0504. The molecular formula is C10H14N5O7P. The fourth-order valence-corrected chi connectivity index (χ4v) is 2.66. The molecule has 12 nitrogen and oxygen atoms in total. The molecular weight excluding hydrogens is 333 g/mol. The van der Waals surface area contributed by atoms with Gasteiger partial charge >= 0.3 is 7.82 Å². The van der Waals surface area contributed by atoms with E-state index in [9.17, 15) is 14.8 Å². The number of nitrogen functional groups attached to an aromatic ring is 1. The Kier molecular flexibility index (Phi) is 4.06. The minimum atomic E-state index is -4.72. The van der Waals surface area contributed by atoms with Crippen molar-refractivity contribution in [1.82, 2.24) is 19.5 Å². The molecule has 0 aliphatic carbocycles. The number of hydrogen-bond donors (Lipinski definition) is 5. The Hall–Kier alpha value is -1.66.